The zero-order valence-corrected chi connectivity index (χ0v) is 9.82. The summed E-state index contributed by atoms with van der Waals surface area (Å²) < 4.78 is 4.81. The first-order chi connectivity index (χ1) is 8.72. The number of phenolic OH excluding ortho intramolecular Hbond substituents is 1. The first kappa shape index (κ1) is 13.5. The number of phenols is 1. The van der Waals surface area contributed by atoms with E-state index in [0.717, 1.165) is 6.08 Å². The van der Waals surface area contributed by atoms with E-state index in [4.69, 9.17) is 9.84 Å². The van der Waals surface area contributed by atoms with E-state index in [0.29, 0.717) is 11.5 Å². The minimum atomic E-state index is -0.434. The molecule has 0 fully saturated rings. The summed E-state index contributed by atoms with van der Waals surface area (Å²) in [7, 11) is 0. The molecule has 92 valence electrons. The second-order valence-corrected chi connectivity index (χ2v) is 3.27. The zero-order valence-electron chi connectivity index (χ0n) is 9.82. The highest BCUT2D eigenvalue weighted by Crippen LogP contribution is 2.08. The number of rotatable bonds is 2. The van der Waals surface area contributed by atoms with E-state index >= 15 is 0 Å². The van der Waals surface area contributed by atoms with E-state index in [2.05, 4.69) is 6.58 Å². The number of hydrogen-bond donors (Lipinski definition) is 1. The van der Waals surface area contributed by atoms with E-state index in [1.807, 2.05) is 12.1 Å². The highest BCUT2D eigenvalue weighted by atomic mass is 16.5. The average Bonchev–Trinajstić information content (AvgIpc) is 2.41. The van der Waals surface area contributed by atoms with Gasteiger partial charge in [0.15, 0.2) is 0 Å². The topological polar surface area (TPSA) is 46.5 Å². The van der Waals surface area contributed by atoms with Crippen LogP contribution in [0.5, 0.6) is 11.5 Å². The summed E-state index contributed by atoms with van der Waals surface area (Å²) in [6.07, 6.45) is 1.13. The van der Waals surface area contributed by atoms with Gasteiger partial charge in [-0.1, -0.05) is 43.0 Å². The van der Waals surface area contributed by atoms with Crippen LogP contribution in [0.4, 0.5) is 0 Å². The highest BCUT2D eigenvalue weighted by molar-refractivity contribution is 5.83. The van der Waals surface area contributed by atoms with Crippen LogP contribution in [0.15, 0.2) is 73.3 Å². The largest absolute Gasteiger partial charge is 0.508 e. The van der Waals surface area contributed by atoms with Crippen molar-refractivity contribution in [2.45, 2.75) is 0 Å². The summed E-state index contributed by atoms with van der Waals surface area (Å²) in [5.74, 6) is 0.427. The number of esters is 1. The van der Waals surface area contributed by atoms with Crippen LogP contribution in [0.3, 0.4) is 0 Å². The summed E-state index contributed by atoms with van der Waals surface area (Å²) in [6, 6.07) is 17.6. The Morgan fingerprint density at radius 2 is 1.50 bits per heavy atom. The SMILES string of the molecule is C=CC(=O)Oc1ccccc1.Oc1ccccc1. The van der Waals surface area contributed by atoms with Gasteiger partial charge in [0.1, 0.15) is 11.5 Å². The Bertz CT molecular complexity index is 478. The average molecular weight is 242 g/mol. The van der Waals surface area contributed by atoms with E-state index in [1.54, 1.807) is 48.5 Å². The molecule has 2 rings (SSSR count). The Labute approximate surface area is 106 Å². The molecule has 0 unspecified atom stereocenters. The summed E-state index contributed by atoms with van der Waals surface area (Å²) in [5, 5.41) is 8.63. The molecule has 3 nitrogen and oxygen atoms in total. The maximum Gasteiger partial charge on any atom is 0.335 e. The fourth-order valence-electron chi connectivity index (χ4n) is 1.07. The van der Waals surface area contributed by atoms with Crippen LogP contribution in [-0.4, -0.2) is 11.1 Å². The third kappa shape index (κ3) is 5.51. The van der Waals surface area contributed by atoms with Crippen LogP contribution < -0.4 is 4.74 Å². The fraction of sp³-hybridized carbons (Fsp3) is 0. The van der Waals surface area contributed by atoms with Gasteiger partial charge in [0.2, 0.25) is 0 Å². The van der Waals surface area contributed by atoms with Crippen molar-refractivity contribution in [1.82, 2.24) is 0 Å². The van der Waals surface area contributed by atoms with Crippen LogP contribution in [0.1, 0.15) is 0 Å². The van der Waals surface area contributed by atoms with Gasteiger partial charge in [0, 0.05) is 6.08 Å². The Hall–Kier alpha value is -2.55. The molecule has 0 atom stereocenters. The van der Waals surface area contributed by atoms with Gasteiger partial charge in [-0.05, 0) is 24.3 Å². The molecule has 0 aliphatic heterocycles. The number of ether oxygens (including phenoxy) is 1. The van der Waals surface area contributed by atoms with Gasteiger partial charge in [-0.15, -0.1) is 0 Å². The van der Waals surface area contributed by atoms with Crippen LogP contribution in [-0.2, 0) is 4.79 Å². The molecule has 3 heteroatoms. The standard InChI is InChI=1S/C9H8O2.C6H6O/c1-2-9(10)11-8-6-4-3-5-7-8;7-6-4-2-1-3-5-6/h2-7H,1H2;1-5,7H. The lowest BCUT2D eigenvalue weighted by molar-refractivity contribution is -0.128. The molecule has 2 aromatic rings. The van der Waals surface area contributed by atoms with Gasteiger partial charge >= 0.3 is 5.97 Å². The molecular weight excluding hydrogens is 228 g/mol. The summed E-state index contributed by atoms with van der Waals surface area (Å²) >= 11 is 0. The van der Waals surface area contributed by atoms with E-state index < -0.39 is 5.97 Å². The van der Waals surface area contributed by atoms with Gasteiger partial charge in [0.25, 0.3) is 0 Å². The predicted octanol–water partition coefficient (Wildman–Crippen LogP) is 3.17. The number of para-hydroxylation sites is 2. The molecule has 0 spiro atoms. The second kappa shape index (κ2) is 7.68. The van der Waals surface area contributed by atoms with Crippen LogP contribution >= 0.6 is 0 Å². The first-order valence-corrected chi connectivity index (χ1v) is 5.35. The third-order valence-electron chi connectivity index (χ3n) is 1.88. The Kier molecular flexibility index (Phi) is 5.77. The number of hydrogen-bond acceptors (Lipinski definition) is 3. The maximum absolute atomic E-state index is 10.6. The highest BCUT2D eigenvalue weighted by Gasteiger charge is 1.95. The summed E-state index contributed by atoms with van der Waals surface area (Å²) in [4.78, 5) is 10.6. The molecule has 0 aliphatic carbocycles. The van der Waals surface area contributed by atoms with Crippen molar-refractivity contribution in [1.29, 1.82) is 0 Å². The number of benzene rings is 2. The lowest BCUT2D eigenvalue weighted by Crippen LogP contribution is -2.02. The summed E-state index contributed by atoms with van der Waals surface area (Å²) in [6.45, 7) is 3.28. The Morgan fingerprint density at radius 3 is 1.89 bits per heavy atom. The minimum absolute atomic E-state index is 0.322. The molecule has 0 saturated carbocycles. The second-order valence-electron chi connectivity index (χ2n) is 3.27. The van der Waals surface area contributed by atoms with Gasteiger partial charge in [0.05, 0.1) is 0 Å². The smallest absolute Gasteiger partial charge is 0.335 e. The monoisotopic (exact) mass is 242 g/mol. The molecule has 18 heavy (non-hydrogen) atoms. The molecular formula is C15H14O3. The molecule has 0 bridgehead atoms. The van der Waals surface area contributed by atoms with Gasteiger partial charge in [-0.2, -0.15) is 0 Å². The summed E-state index contributed by atoms with van der Waals surface area (Å²) in [5.41, 5.74) is 0. The number of carbonyl (C=O) groups excluding carboxylic acids is 1. The van der Waals surface area contributed by atoms with Gasteiger partial charge < -0.3 is 9.84 Å². The van der Waals surface area contributed by atoms with E-state index in [-0.39, 0.29) is 0 Å². The lowest BCUT2D eigenvalue weighted by atomic mass is 10.3. The van der Waals surface area contributed by atoms with Gasteiger partial charge in [-0.3, -0.25) is 0 Å². The Balaban J connectivity index is 0.000000199. The van der Waals surface area contributed by atoms with Crippen molar-refractivity contribution in [3.8, 4) is 11.5 Å². The Morgan fingerprint density at radius 1 is 1.00 bits per heavy atom. The minimum Gasteiger partial charge on any atom is -0.508 e. The van der Waals surface area contributed by atoms with Crippen LogP contribution in [0.25, 0.3) is 0 Å². The van der Waals surface area contributed by atoms with Crippen molar-refractivity contribution >= 4 is 5.97 Å². The van der Waals surface area contributed by atoms with Crippen molar-refractivity contribution in [3.05, 3.63) is 73.3 Å². The van der Waals surface area contributed by atoms with Crippen molar-refractivity contribution < 1.29 is 14.6 Å². The molecule has 1 N–H and O–H groups in total. The fourth-order valence-corrected chi connectivity index (χ4v) is 1.07. The molecule has 2 aromatic carbocycles. The van der Waals surface area contributed by atoms with Crippen molar-refractivity contribution in [2.75, 3.05) is 0 Å². The van der Waals surface area contributed by atoms with Crippen LogP contribution in [0.2, 0.25) is 0 Å². The maximum atomic E-state index is 10.6. The predicted molar refractivity (Wildman–Crippen MR) is 70.4 cm³/mol. The zero-order chi connectivity index (χ0) is 13.2. The molecule has 0 aromatic heterocycles. The molecule has 0 saturated heterocycles. The van der Waals surface area contributed by atoms with Crippen molar-refractivity contribution in [3.63, 3.8) is 0 Å². The van der Waals surface area contributed by atoms with Gasteiger partial charge in [-0.25, -0.2) is 4.79 Å². The molecule has 0 radical (unpaired) electrons. The third-order valence-corrected chi connectivity index (χ3v) is 1.88. The van der Waals surface area contributed by atoms with Crippen molar-refractivity contribution in [2.24, 2.45) is 0 Å². The van der Waals surface area contributed by atoms with E-state index in [1.165, 1.54) is 0 Å². The number of aromatic hydroxyl groups is 1. The lowest BCUT2D eigenvalue weighted by Gasteiger charge is -1.98. The number of carbonyl (C=O) groups is 1. The normalized spacial score (nSPS) is 8.67. The molecule has 0 amide bonds. The quantitative estimate of drug-likeness (QED) is 0.500. The molecule has 0 heterocycles. The van der Waals surface area contributed by atoms with Crippen LogP contribution in [0, 0.1) is 0 Å². The van der Waals surface area contributed by atoms with E-state index in [9.17, 15) is 4.79 Å². The first-order valence-electron chi connectivity index (χ1n) is 5.35. The molecule has 0 aliphatic rings.